The lowest BCUT2D eigenvalue weighted by atomic mass is 10.4. The maximum absolute atomic E-state index is 11.5. The minimum absolute atomic E-state index is 0.328. The molecule has 2 rings (SSSR count). The van der Waals surface area contributed by atoms with E-state index < -0.39 is 11.2 Å². The van der Waals surface area contributed by atoms with Crippen LogP contribution in [-0.2, 0) is 13.6 Å². The molecular weight excluding hydrogens is 276 g/mol. The van der Waals surface area contributed by atoms with Crippen molar-refractivity contribution in [1.29, 1.82) is 0 Å². The molecule has 0 unspecified atom stereocenters. The van der Waals surface area contributed by atoms with Crippen molar-refractivity contribution in [3.05, 3.63) is 49.7 Å². The maximum Gasteiger partial charge on any atom is 0.328 e. The van der Waals surface area contributed by atoms with E-state index in [1.807, 2.05) is 11.6 Å². The van der Waals surface area contributed by atoms with Crippen LogP contribution in [0.4, 0.5) is 0 Å². The van der Waals surface area contributed by atoms with Gasteiger partial charge >= 0.3 is 5.69 Å². The van der Waals surface area contributed by atoms with Crippen LogP contribution in [0.3, 0.4) is 0 Å². The monoisotopic (exact) mass is 284 g/mol. The van der Waals surface area contributed by atoms with Crippen molar-refractivity contribution >= 4 is 15.9 Å². The van der Waals surface area contributed by atoms with Gasteiger partial charge in [-0.2, -0.15) is 0 Å². The van der Waals surface area contributed by atoms with E-state index >= 15 is 0 Å². The minimum Gasteiger partial charge on any atom is -0.336 e. The second-order valence-electron chi connectivity index (χ2n) is 3.36. The lowest BCUT2D eigenvalue weighted by Gasteiger charge is -2.05. The van der Waals surface area contributed by atoms with Gasteiger partial charge in [-0.15, -0.1) is 0 Å². The highest BCUT2D eigenvalue weighted by atomic mass is 79.9. The largest absolute Gasteiger partial charge is 0.336 e. The second-order valence-corrected chi connectivity index (χ2v) is 4.21. The molecule has 0 aliphatic rings. The molecule has 2 aromatic rings. The van der Waals surface area contributed by atoms with E-state index in [2.05, 4.69) is 25.9 Å². The predicted octanol–water partition coefficient (Wildman–Crippen LogP) is 0.0809. The van der Waals surface area contributed by atoms with Crippen LogP contribution in [0.5, 0.6) is 0 Å². The first kappa shape index (κ1) is 10.9. The molecule has 0 saturated heterocycles. The summed E-state index contributed by atoms with van der Waals surface area (Å²) in [5.74, 6) is 0. The number of aromatic amines is 1. The van der Waals surface area contributed by atoms with Crippen molar-refractivity contribution in [3.63, 3.8) is 0 Å². The highest BCUT2D eigenvalue weighted by molar-refractivity contribution is 9.10. The summed E-state index contributed by atoms with van der Waals surface area (Å²) in [5.41, 5.74) is 0.0155. The molecule has 84 valence electrons. The first-order chi connectivity index (χ1) is 7.58. The number of nitrogens with one attached hydrogen (secondary N) is 1. The van der Waals surface area contributed by atoms with E-state index in [0.717, 1.165) is 5.69 Å². The lowest BCUT2D eigenvalue weighted by molar-refractivity contribution is 0.673. The molecule has 0 aromatic carbocycles. The molecule has 7 heteroatoms. The molecule has 6 nitrogen and oxygen atoms in total. The smallest absolute Gasteiger partial charge is 0.328 e. The zero-order valence-electron chi connectivity index (χ0n) is 8.48. The van der Waals surface area contributed by atoms with Crippen LogP contribution in [0.2, 0.25) is 0 Å². The van der Waals surface area contributed by atoms with Crippen molar-refractivity contribution in [2.45, 2.75) is 6.54 Å². The second kappa shape index (κ2) is 4.09. The predicted molar refractivity (Wildman–Crippen MR) is 61.3 cm³/mol. The number of H-pyrrole nitrogens is 1. The van der Waals surface area contributed by atoms with Gasteiger partial charge in [0.2, 0.25) is 0 Å². The Morgan fingerprint density at radius 1 is 1.50 bits per heavy atom. The number of hydrogen-bond acceptors (Lipinski definition) is 3. The van der Waals surface area contributed by atoms with Crippen LogP contribution >= 0.6 is 15.9 Å². The van der Waals surface area contributed by atoms with E-state index in [1.54, 1.807) is 12.5 Å². The Bertz CT molecular complexity index is 625. The quantitative estimate of drug-likeness (QED) is 0.849. The van der Waals surface area contributed by atoms with Gasteiger partial charge in [0, 0.05) is 19.4 Å². The van der Waals surface area contributed by atoms with Gasteiger partial charge in [0.25, 0.3) is 5.56 Å². The van der Waals surface area contributed by atoms with Crippen molar-refractivity contribution in [2.24, 2.45) is 7.05 Å². The summed E-state index contributed by atoms with van der Waals surface area (Å²) in [6.45, 7) is 0.366. The molecule has 0 spiro atoms. The van der Waals surface area contributed by atoms with Gasteiger partial charge < -0.3 is 4.57 Å². The van der Waals surface area contributed by atoms with Crippen molar-refractivity contribution < 1.29 is 0 Å². The Hall–Kier alpha value is -1.63. The molecule has 0 saturated carbocycles. The van der Waals surface area contributed by atoms with Crippen LogP contribution in [0.15, 0.2) is 32.8 Å². The molecule has 0 fully saturated rings. The van der Waals surface area contributed by atoms with Crippen LogP contribution < -0.4 is 11.2 Å². The van der Waals surface area contributed by atoms with Gasteiger partial charge in [-0.05, 0) is 15.9 Å². The third-order valence-corrected chi connectivity index (χ3v) is 2.78. The van der Waals surface area contributed by atoms with Gasteiger partial charge in [0.1, 0.15) is 0 Å². The molecule has 0 bridgehead atoms. The van der Waals surface area contributed by atoms with Gasteiger partial charge in [-0.1, -0.05) is 0 Å². The number of nitrogens with zero attached hydrogens (tertiary/aromatic N) is 3. The minimum atomic E-state index is -0.436. The van der Waals surface area contributed by atoms with Crippen LogP contribution in [-0.4, -0.2) is 19.1 Å². The van der Waals surface area contributed by atoms with Gasteiger partial charge in [-0.25, -0.2) is 9.78 Å². The van der Waals surface area contributed by atoms with Crippen molar-refractivity contribution in [3.8, 4) is 0 Å². The third-order valence-electron chi connectivity index (χ3n) is 2.22. The SMILES string of the molecule is Cn1cncc1Cn1cc(Br)c(=O)[nH]c1=O. The first-order valence-electron chi connectivity index (χ1n) is 4.52. The van der Waals surface area contributed by atoms with Crippen LogP contribution in [0.25, 0.3) is 0 Å². The van der Waals surface area contributed by atoms with E-state index in [0.29, 0.717) is 11.0 Å². The molecule has 16 heavy (non-hydrogen) atoms. The Kier molecular flexibility index (Phi) is 2.78. The first-order valence-corrected chi connectivity index (χ1v) is 5.31. The zero-order chi connectivity index (χ0) is 11.7. The number of halogens is 1. The summed E-state index contributed by atoms with van der Waals surface area (Å²) in [4.78, 5) is 28.8. The van der Waals surface area contributed by atoms with Crippen LogP contribution in [0.1, 0.15) is 5.69 Å². The Labute approximate surface area is 98.7 Å². The summed E-state index contributed by atoms with van der Waals surface area (Å²) in [7, 11) is 1.84. The van der Waals surface area contributed by atoms with E-state index in [9.17, 15) is 9.59 Å². The molecule has 0 aliphatic heterocycles. The van der Waals surface area contributed by atoms with Gasteiger partial charge in [-0.3, -0.25) is 14.3 Å². The zero-order valence-corrected chi connectivity index (χ0v) is 10.1. The van der Waals surface area contributed by atoms with Gasteiger partial charge in [0.05, 0.1) is 23.0 Å². The van der Waals surface area contributed by atoms with Crippen molar-refractivity contribution in [1.82, 2.24) is 19.1 Å². The van der Waals surface area contributed by atoms with E-state index in [-0.39, 0.29) is 0 Å². The average molecular weight is 285 g/mol. The summed E-state index contributed by atoms with van der Waals surface area (Å²) in [6, 6.07) is 0. The molecule has 0 amide bonds. The number of aryl methyl sites for hydroxylation is 1. The number of hydrogen-bond donors (Lipinski definition) is 1. The van der Waals surface area contributed by atoms with Gasteiger partial charge in [0.15, 0.2) is 0 Å². The van der Waals surface area contributed by atoms with Crippen molar-refractivity contribution in [2.75, 3.05) is 0 Å². The fraction of sp³-hybridized carbons (Fsp3) is 0.222. The average Bonchev–Trinajstić information content (AvgIpc) is 2.61. The molecule has 0 aliphatic carbocycles. The highest BCUT2D eigenvalue weighted by Crippen LogP contribution is 2.02. The fourth-order valence-electron chi connectivity index (χ4n) is 1.31. The molecule has 0 radical (unpaired) electrons. The molecular formula is C9H9BrN4O2. The summed E-state index contributed by atoms with van der Waals surface area (Å²) < 4.78 is 3.54. The standard InChI is InChI=1S/C9H9BrN4O2/c1-13-5-11-2-6(13)3-14-4-7(10)8(15)12-9(14)16/h2,4-5H,3H2,1H3,(H,12,15,16). The summed E-state index contributed by atoms with van der Waals surface area (Å²) >= 11 is 3.08. The third kappa shape index (κ3) is 1.99. The topological polar surface area (TPSA) is 72.7 Å². The lowest BCUT2D eigenvalue weighted by Crippen LogP contribution is -2.30. The summed E-state index contributed by atoms with van der Waals surface area (Å²) in [6.07, 6.45) is 4.79. The van der Waals surface area contributed by atoms with E-state index in [4.69, 9.17) is 0 Å². The normalized spacial score (nSPS) is 10.6. The molecule has 2 aromatic heterocycles. The summed E-state index contributed by atoms with van der Waals surface area (Å²) in [5, 5.41) is 0. The number of aromatic nitrogens is 4. The fourth-order valence-corrected chi connectivity index (χ4v) is 1.66. The Morgan fingerprint density at radius 2 is 2.25 bits per heavy atom. The molecule has 2 heterocycles. The highest BCUT2D eigenvalue weighted by Gasteiger charge is 2.04. The Morgan fingerprint density at radius 3 is 2.88 bits per heavy atom. The maximum atomic E-state index is 11.5. The number of rotatable bonds is 2. The molecule has 0 atom stereocenters. The molecule has 1 N–H and O–H groups in total. The number of imidazole rings is 1. The van der Waals surface area contributed by atoms with E-state index in [1.165, 1.54) is 10.8 Å². The van der Waals surface area contributed by atoms with Crippen LogP contribution in [0, 0.1) is 0 Å². The Balaban J connectivity index is 2.43.